The summed E-state index contributed by atoms with van der Waals surface area (Å²) in [5.74, 6) is 0. The van der Waals surface area contributed by atoms with Gasteiger partial charge in [0.2, 0.25) is 0 Å². The molecule has 0 saturated carbocycles. The summed E-state index contributed by atoms with van der Waals surface area (Å²) in [5, 5.41) is 8.74. The van der Waals surface area contributed by atoms with Gasteiger partial charge in [-0.25, -0.2) is 4.79 Å². The third-order valence-electron chi connectivity index (χ3n) is 1.56. The van der Waals surface area contributed by atoms with E-state index in [1.54, 1.807) is 0 Å². The summed E-state index contributed by atoms with van der Waals surface area (Å²) in [5.41, 5.74) is 0. The van der Waals surface area contributed by atoms with Gasteiger partial charge in [-0.15, -0.1) is 0 Å². The van der Waals surface area contributed by atoms with Gasteiger partial charge in [-0.2, -0.15) is 0 Å². The highest BCUT2D eigenvalue weighted by Crippen LogP contribution is 2.06. The minimum Gasteiger partial charge on any atom is -0.465 e. The molecule has 0 aliphatic rings. The van der Waals surface area contributed by atoms with Gasteiger partial charge in [0.1, 0.15) is 0 Å². The van der Waals surface area contributed by atoms with Crippen LogP contribution in [0.1, 0.15) is 26.7 Å². The van der Waals surface area contributed by atoms with E-state index in [9.17, 15) is 4.79 Å². The number of amides is 1. The topological polar surface area (TPSA) is 40.5 Å². The Morgan fingerprint density at radius 1 is 1.58 bits per heavy atom. The molecule has 0 bridgehead atoms. The first kappa shape index (κ1) is 12.0. The standard InChI is InChI=1S/C8H16INO2/c1-3-5-10(8(11)12)6-4-7(2)9/h7H,3-6H2,1-2H3,(H,11,12). The van der Waals surface area contributed by atoms with E-state index < -0.39 is 6.09 Å². The Hall–Kier alpha value is 0. The Kier molecular flexibility index (Phi) is 6.51. The lowest BCUT2D eigenvalue weighted by molar-refractivity contribution is 0.145. The molecule has 1 N–H and O–H groups in total. The van der Waals surface area contributed by atoms with Gasteiger partial charge in [0.25, 0.3) is 0 Å². The molecule has 0 aromatic carbocycles. The number of halogens is 1. The molecule has 3 nitrogen and oxygen atoms in total. The number of rotatable bonds is 5. The van der Waals surface area contributed by atoms with Crippen molar-refractivity contribution in [3.8, 4) is 0 Å². The van der Waals surface area contributed by atoms with Crippen LogP contribution in [0.2, 0.25) is 0 Å². The van der Waals surface area contributed by atoms with E-state index >= 15 is 0 Å². The molecule has 0 rings (SSSR count). The lowest BCUT2D eigenvalue weighted by Gasteiger charge is -2.18. The van der Waals surface area contributed by atoms with Crippen LogP contribution in [-0.4, -0.2) is 33.1 Å². The van der Waals surface area contributed by atoms with E-state index in [2.05, 4.69) is 29.5 Å². The summed E-state index contributed by atoms with van der Waals surface area (Å²) in [6.45, 7) is 5.39. The first-order chi connectivity index (χ1) is 5.57. The van der Waals surface area contributed by atoms with Crippen molar-refractivity contribution in [2.45, 2.75) is 30.6 Å². The number of hydrogen-bond donors (Lipinski definition) is 1. The van der Waals surface area contributed by atoms with Gasteiger partial charge in [0.15, 0.2) is 0 Å². The fourth-order valence-electron chi connectivity index (χ4n) is 0.907. The monoisotopic (exact) mass is 285 g/mol. The van der Waals surface area contributed by atoms with Crippen molar-refractivity contribution in [2.24, 2.45) is 0 Å². The molecule has 0 radical (unpaired) electrons. The van der Waals surface area contributed by atoms with Crippen LogP contribution in [0.25, 0.3) is 0 Å². The molecule has 12 heavy (non-hydrogen) atoms. The van der Waals surface area contributed by atoms with E-state index in [1.165, 1.54) is 4.90 Å². The first-order valence-electron chi connectivity index (χ1n) is 4.19. The quantitative estimate of drug-likeness (QED) is 0.623. The van der Waals surface area contributed by atoms with Gasteiger partial charge >= 0.3 is 6.09 Å². The first-order valence-corrected chi connectivity index (χ1v) is 5.44. The summed E-state index contributed by atoms with van der Waals surface area (Å²) in [6, 6.07) is 0. The second-order valence-electron chi connectivity index (χ2n) is 2.84. The summed E-state index contributed by atoms with van der Waals surface area (Å²) in [6.07, 6.45) is 1.03. The van der Waals surface area contributed by atoms with Crippen molar-refractivity contribution in [3.63, 3.8) is 0 Å². The lowest BCUT2D eigenvalue weighted by atomic mass is 10.3. The summed E-state index contributed by atoms with van der Waals surface area (Å²) in [7, 11) is 0. The molecule has 4 heteroatoms. The Morgan fingerprint density at radius 3 is 2.50 bits per heavy atom. The summed E-state index contributed by atoms with van der Waals surface area (Å²) in [4.78, 5) is 12.1. The molecule has 1 amide bonds. The van der Waals surface area contributed by atoms with Crippen molar-refractivity contribution in [1.82, 2.24) is 4.90 Å². The van der Waals surface area contributed by atoms with Crippen LogP contribution in [0.4, 0.5) is 4.79 Å². The maximum absolute atomic E-state index is 10.6. The van der Waals surface area contributed by atoms with Gasteiger partial charge in [0.05, 0.1) is 0 Å². The van der Waals surface area contributed by atoms with Crippen molar-refractivity contribution in [3.05, 3.63) is 0 Å². The number of alkyl halides is 1. The van der Waals surface area contributed by atoms with Crippen LogP contribution in [0.3, 0.4) is 0 Å². The highest BCUT2D eigenvalue weighted by Gasteiger charge is 2.10. The van der Waals surface area contributed by atoms with Crippen LogP contribution >= 0.6 is 22.6 Å². The van der Waals surface area contributed by atoms with Crippen molar-refractivity contribution in [2.75, 3.05) is 13.1 Å². The van der Waals surface area contributed by atoms with Crippen LogP contribution in [-0.2, 0) is 0 Å². The van der Waals surface area contributed by atoms with Crippen molar-refractivity contribution in [1.29, 1.82) is 0 Å². The molecule has 0 aliphatic carbocycles. The molecular formula is C8H16INO2. The minimum absolute atomic E-state index is 0.543. The van der Waals surface area contributed by atoms with Crippen molar-refractivity contribution < 1.29 is 9.90 Å². The Labute approximate surface area is 87.3 Å². The minimum atomic E-state index is -0.797. The lowest BCUT2D eigenvalue weighted by Crippen LogP contribution is -2.31. The van der Waals surface area contributed by atoms with E-state index in [1.807, 2.05) is 6.92 Å². The molecule has 1 atom stereocenters. The number of carboxylic acid groups (broad SMARTS) is 1. The third kappa shape index (κ3) is 5.62. The van der Waals surface area contributed by atoms with E-state index in [4.69, 9.17) is 5.11 Å². The second kappa shape index (κ2) is 6.51. The van der Waals surface area contributed by atoms with Gasteiger partial charge < -0.3 is 10.0 Å². The highest BCUT2D eigenvalue weighted by atomic mass is 127. The number of nitrogens with zero attached hydrogens (tertiary/aromatic N) is 1. The van der Waals surface area contributed by atoms with Crippen LogP contribution in [0, 0.1) is 0 Å². The van der Waals surface area contributed by atoms with Crippen LogP contribution in [0.5, 0.6) is 0 Å². The molecule has 0 saturated heterocycles. The van der Waals surface area contributed by atoms with E-state index in [-0.39, 0.29) is 0 Å². The average molecular weight is 285 g/mol. The molecule has 0 aromatic rings. The predicted molar refractivity (Wildman–Crippen MR) is 58.0 cm³/mol. The van der Waals surface area contributed by atoms with Crippen LogP contribution in [0.15, 0.2) is 0 Å². The molecule has 1 unspecified atom stereocenters. The summed E-state index contributed by atoms with van der Waals surface area (Å²) < 4.78 is 0.543. The average Bonchev–Trinajstić information content (AvgIpc) is 1.96. The largest absolute Gasteiger partial charge is 0.465 e. The summed E-state index contributed by atoms with van der Waals surface area (Å²) >= 11 is 2.31. The van der Waals surface area contributed by atoms with Gasteiger partial charge in [-0.1, -0.05) is 36.4 Å². The van der Waals surface area contributed by atoms with Gasteiger partial charge in [0, 0.05) is 17.0 Å². The second-order valence-corrected chi connectivity index (χ2v) is 4.97. The van der Waals surface area contributed by atoms with Crippen LogP contribution < -0.4 is 0 Å². The van der Waals surface area contributed by atoms with E-state index in [0.717, 1.165) is 12.8 Å². The Balaban J connectivity index is 3.71. The fraction of sp³-hybridized carbons (Fsp3) is 0.875. The predicted octanol–water partition coefficient (Wildman–Crippen LogP) is 2.59. The maximum atomic E-state index is 10.6. The molecule has 0 spiro atoms. The molecule has 0 aromatic heterocycles. The Morgan fingerprint density at radius 2 is 2.17 bits per heavy atom. The van der Waals surface area contributed by atoms with E-state index in [0.29, 0.717) is 17.0 Å². The fourth-order valence-corrected chi connectivity index (χ4v) is 1.19. The maximum Gasteiger partial charge on any atom is 0.407 e. The molecule has 0 fully saturated rings. The number of hydrogen-bond acceptors (Lipinski definition) is 1. The zero-order valence-corrected chi connectivity index (χ0v) is 9.74. The van der Waals surface area contributed by atoms with Gasteiger partial charge in [-0.05, 0) is 12.8 Å². The van der Waals surface area contributed by atoms with Gasteiger partial charge in [-0.3, -0.25) is 0 Å². The smallest absolute Gasteiger partial charge is 0.407 e. The molecular weight excluding hydrogens is 269 g/mol. The Bertz CT molecular complexity index is 139. The number of carbonyl (C=O) groups is 1. The molecule has 72 valence electrons. The SMILES string of the molecule is CCCN(CCC(C)I)C(=O)O. The molecule has 0 aliphatic heterocycles. The highest BCUT2D eigenvalue weighted by molar-refractivity contribution is 14.1. The normalized spacial score (nSPS) is 12.6. The van der Waals surface area contributed by atoms with Crippen molar-refractivity contribution >= 4 is 28.7 Å². The molecule has 0 heterocycles. The zero-order chi connectivity index (χ0) is 9.56. The third-order valence-corrected chi connectivity index (χ3v) is 2.18. The zero-order valence-electron chi connectivity index (χ0n) is 7.59.